The Morgan fingerprint density at radius 3 is 2.65 bits per heavy atom. The zero-order valence-electron chi connectivity index (χ0n) is 9.77. The molecule has 2 N–H and O–H groups in total. The van der Waals surface area contributed by atoms with Gasteiger partial charge in [0, 0.05) is 56.2 Å². The van der Waals surface area contributed by atoms with Gasteiger partial charge in [0.05, 0.1) is 6.04 Å². The summed E-state index contributed by atoms with van der Waals surface area (Å²) in [6.07, 6.45) is 0. The summed E-state index contributed by atoms with van der Waals surface area (Å²) in [5.41, 5.74) is 6.12. The molecule has 17 heavy (non-hydrogen) atoms. The topological polar surface area (TPSA) is 46.3 Å². The van der Waals surface area contributed by atoms with Crippen LogP contribution in [0.2, 0.25) is 0 Å². The third-order valence-electron chi connectivity index (χ3n) is 2.98. The van der Waals surface area contributed by atoms with Crippen molar-refractivity contribution < 1.29 is 4.21 Å². The number of rotatable bonds is 3. The molecule has 0 spiro atoms. The maximum Gasteiger partial charge on any atom is 0.0591 e. The summed E-state index contributed by atoms with van der Waals surface area (Å²) in [6, 6.07) is 2.49. The van der Waals surface area contributed by atoms with Crippen LogP contribution in [0.3, 0.4) is 0 Å². The van der Waals surface area contributed by atoms with Gasteiger partial charge in [0.1, 0.15) is 0 Å². The maximum absolute atomic E-state index is 11.4. The van der Waals surface area contributed by atoms with Crippen molar-refractivity contribution in [2.75, 3.05) is 24.6 Å². The molecule has 1 aromatic rings. The zero-order chi connectivity index (χ0) is 12.4. The van der Waals surface area contributed by atoms with E-state index in [0.29, 0.717) is 0 Å². The number of hydrogen-bond acceptors (Lipinski definition) is 4. The molecule has 2 atom stereocenters. The van der Waals surface area contributed by atoms with Gasteiger partial charge >= 0.3 is 0 Å². The van der Waals surface area contributed by atoms with Gasteiger partial charge in [0.15, 0.2) is 0 Å². The molecule has 2 rings (SSSR count). The average molecular weight is 337 g/mol. The fourth-order valence-electron chi connectivity index (χ4n) is 2.19. The van der Waals surface area contributed by atoms with Crippen molar-refractivity contribution in [3.8, 4) is 0 Å². The molecular weight excluding hydrogens is 320 g/mol. The number of nitrogens with two attached hydrogens (primary N) is 1. The van der Waals surface area contributed by atoms with E-state index in [1.165, 1.54) is 4.88 Å². The van der Waals surface area contributed by atoms with Gasteiger partial charge in [-0.2, -0.15) is 0 Å². The Morgan fingerprint density at radius 1 is 1.53 bits per heavy atom. The molecule has 1 aliphatic heterocycles. The van der Waals surface area contributed by atoms with E-state index in [0.717, 1.165) is 29.1 Å². The third-order valence-corrected chi connectivity index (χ3v) is 6.02. The second kappa shape index (κ2) is 5.93. The smallest absolute Gasteiger partial charge is 0.0591 e. The third kappa shape index (κ3) is 3.38. The highest BCUT2D eigenvalue weighted by Gasteiger charge is 2.28. The van der Waals surface area contributed by atoms with Crippen LogP contribution in [0.15, 0.2) is 15.9 Å². The molecule has 0 aliphatic carbocycles. The average Bonchev–Trinajstić information content (AvgIpc) is 2.68. The molecular formula is C11H17BrN2OS2. The van der Waals surface area contributed by atoms with E-state index in [1.54, 1.807) is 11.3 Å². The number of thiophene rings is 1. The Hall–Kier alpha value is 0.250. The van der Waals surface area contributed by atoms with Crippen molar-refractivity contribution >= 4 is 38.1 Å². The molecule has 1 saturated heterocycles. The van der Waals surface area contributed by atoms with Gasteiger partial charge in [-0.15, -0.1) is 11.3 Å². The fraction of sp³-hybridized carbons (Fsp3) is 0.636. The van der Waals surface area contributed by atoms with Crippen LogP contribution in [0.4, 0.5) is 0 Å². The van der Waals surface area contributed by atoms with Crippen LogP contribution >= 0.6 is 27.3 Å². The summed E-state index contributed by atoms with van der Waals surface area (Å²) in [7, 11) is -0.630. The van der Waals surface area contributed by atoms with Gasteiger partial charge in [-0.25, -0.2) is 0 Å². The van der Waals surface area contributed by atoms with E-state index in [9.17, 15) is 4.21 Å². The van der Waals surface area contributed by atoms with E-state index in [-0.39, 0.29) is 12.1 Å². The van der Waals surface area contributed by atoms with Crippen LogP contribution < -0.4 is 5.73 Å². The molecule has 6 heteroatoms. The maximum atomic E-state index is 11.4. The molecule has 0 bridgehead atoms. The Morgan fingerprint density at radius 2 is 2.18 bits per heavy atom. The molecule has 1 aromatic heterocycles. The molecule has 1 aliphatic rings. The highest BCUT2D eigenvalue weighted by atomic mass is 79.9. The molecule has 0 radical (unpaired) electrons. The van der Waals surface area contributed by atoms with Crippen molar-refractivity contribution in [3.63, 3.8) is 0 Å². The van der Waals surface area contributed by atoms with Gasteiger partial charge in [-0.05, 0) is 28.9 Å². The lowest BCUT2D eigenvalue weighted by atomic mass is 10.1. The quantitative estimate of drug-likeness (QED) is 0.917. The summed E-state index contributed by atoms with van der Waals surface area (Å²) in [6.45, 7) is 3.81. The monoisotopic (exact) mass is 336 g/mol. The number of nitrogens with zero attached hydrogens (tertiary/aromatic N) is 1. The minimum Gasteiger partial charge on any atom is -0.326 e. The summed E-state index contributed by atoms with van der Waals surface area (Å²) >= 11 is 5.22. The lowest BCUT2D eigenvalue weighted by Gasteiger charge is -2.35. The van der Waals surface area contributed by atoms with Crippen molar-refractivity contribution in [2.45, 2.75) is 19.0 Å². The Kier molecular flexibility index (Phi) is 4.77. The first-order valence-corrected chi connectivity index (χ1v) is 8.82. The number of hydrogen-bond donors (Lipinski definition) is 1. The van der Waals surface area contributed by atoms with E-state index >= 15 is 0 Å². The minimum atomic E-state index is -0.630. The first-order valence-electron chi connectivity index (χ1n) is 5.66. The standard InChI is InChI=1S/C11H17BrN2OS2/c1-8(13)11(10-6-9(12)7-16-10)14-2-4-17(15)5-3-14/h6-8,11H,2-5,13H2,1H3. The van der Waals surface area contributed by atoms with Crippen LogP contribution in [-0.4, -0.2) is 39.7 Å². The molecule has 1 fully saturated rings. The molecule has 3 nitrogen and oxygen atoms in total. The molecule has 0 amide bonds. The van der Waals surface area contributed by atoms with Gasteiger partial charge in [0.2, 0.25) is 0 Å². The summed E-state index contributed by atoms with van der Waals surface area (Å²) < 4.78 is 12.5. The minimum absolute atomic E-state index is 0.0899. The van der Waals surface area contributed by atoms with E-state index in [2.05, 4.69) is 32.3 Å². The van der Waals surface area contributed by atoms with Crippen molar-refractivity contribution in [1.29, 1.82) is 0 Å². The second-order valence-electron chi connectivity index (χ2n) is 4.36. The van der Waals surface area contributed by atoms with Gasteiger partial charge < -0.3 is 5.73 Å². The predicted octanol–water partition coefficient (Wildman–Crippen LogP) is 1.96. The van der Waals surface area contributed by atoms with Crippen molar-refractivity contribution in [2.24, 2.45) is 5.73 Å². The van der Waals surface area contributed by atoms with E-state index in [4.69, 9.17) is 5.73 Å². The highest BCUT2D eigenvalue weighted by Crippen LogP contribution is 2.31. The van der Waals surface area contributed by atoms with Crippen LogP contribution in [0, 0.1) is 0 Å². The molecule has 0 aromatic carbocycles. The number of halogens is 1. The Labute approximate surface area is 117 Å². The Bertz CT molecular complexity index is 398. The normalized spacial score (nSPS) is 22.5. The first-order chi connectivity index (χ1) is 8.08. The van der Waals surface area contributed by atoms with Crippen LogP contribution in [-0.2, 0) is 10.8 Å². The zero-order valence-corrected chi connectivity index (χ0v) is 13.0. The lowest BCUT2D eigenvalue weighted by Crippen LogP contribution is -2.45. The molecule has 0 saturated carbocycles. The van der Waals surface area contributed by atoms with Crippen LogP contribution in [0.5, 0.6) is 0 Å². The summed E-state index contributed by atoms with van der Waals surface area (Å²) in [5.74, 6) is 1.55. The van der Waals surface area contributed by atoms with Crippen molar-refractivity contribution in [3.05, 3.63) is 20.8 Å². The van der Waals surface area contributed by atoms with Gasteiger partial charge in [0.25, 0.3) is 0 Å². The fourth-order valence-corrected chi connectivity index (χ4v) is 4.96. The van der Waals surface area contributed by atoms with E-state index < -0.39 is 10.8 Å². The summed E-state index contributed by atoms with van der Waals surface area (Å²) in [5, 5.41) is 2.09. The van der Waals surface area contributed by atoms with Gasteiger partial charge in [-0.1, -0.05) is 0 Å². The lowest BCUT2D eigenvalue weighted by molar-refractivity contribution is 0.196. The first kappa shape index (κ1) is 13.7. The molecule has 2 unspecified atom stereocenters. The van der Waals surface area contributed by atoms with Crippen LogP contribution in [0.1, 0.15) is 17.8 Å². The Balaban J connectivity index is 2.15. The summed E-state index contributed by atoms with van der Waals surface area (Å²) in [4.78, 5) is 3.66. The largest absolute Gasteiger partial charge is 0.326 e. The molecule has 96 valence electrons. The van der Waals surface area contributed by atoms with Gasteiger partial charge in [-0.3, -0.25) is 9.11 Å². The van der Waals surface area contributed by atoms with Crippen LogP contribution in [0.25, 0.3) is 0 Å². The highest BCUT2D eigenvalue weighted by molar-refractivity contribution is 9.10. The van der Waals surface area contributed by atoms with Crippen molar-refractivity contribution in [1.82, 2.24) is 4.90 Å². The predicted molar refractivity (Wildman–Crippen MR) is 77.9 cm³/mol. The molecule has 2 heterocycles. The SMILES string of the molecule is CC(N)C(c1cc(Br)cs1)N1CCS(=O)CC1. The second-order valence-corrected chi connectivity index (χ2v) is 7.91. The van der Waals surface area contributed by atoms with E-state index in [1.807, 2.05) is 6.92 Å².